The van der Waals surface area contributed by atoms with Crippen LogP contribution in [0.25, 0.3) is 0 Å². The quantitative estimate of drug-likeness (QED) is 0.487. The molecule has 3 aromatic rings. The number of carbonyl (C=O) groups is 2. The average molecular weight is 478 g/mol. The Balaban J connectivity index is 1.77. The van der Waals surface area contributed by atoms with Crippen molar-refractivity contribution in [3.05, 3.63) is 78.0 Å². The van der Waals surface area contributed by atoms with Gasteiger partial charge in [0, 0.05) is 12.2 Å². The summed E-state index contributed by atoms with van der Waals surface area (Å²) in [5.41, 5.74) is 0.849. The Labute approximate surface area is 205 Å². The van der Waals surface area contributed by atoms with Crippen molar-refractivity contribution >= 4 is 11.8 Å². The second-order valence-corrected chi connectivity index (χ2v) is 8.59. The van der Waals surface area contributed by atoms with E-state index in [1.807, 2.05) is 0 Å². The third kappa shape index (κ3) is 5.82. The zero-order valence-electron chi connectivity index (χ0n) is 20.1. The first-order valence-electron chi connectivity index (χ1n) is 11.9. The van der Waals surface area contributed by atoms with Gasteiger partial charge in [0.2, 0.25) is 5.91 Å². The van der Waals surface area contributed by atoms with Crippen molar-refractivity contribution in [2.45, 2.75) is 50.7 Å². The number of ether oxygens (including phenoxy) is 2. The molecule has 1 aromatic carbocycles. The van der Waals surface area contributed by atoms with Gasteiger partial charge in [0.25, 0.3) is 5.91 Å². The highest BCUT2D eigenvalue weighted by Crippen LogP contribution is 2.34. The average Bonchev–Trinajstić information content (AvgIpc) is 3.42. The van der Waals surface area contributed by atoms with Crippen LogP contribution in [0.4, 0.5) is 0 Å². The van der Waals surface area contributed by atoms with Gasteiger partial charge in [0.1, 0.15) is 17.5 Å². The molecule has 1 saturated carbocycles. The van der Waals surface area contributed by atoms with Crippen LogP contribution in [0.15, 0.2) is 65.4 Å². The number of amides is 2. The molecule has 0 spiro atoms. The number of benzene rings is 1. The summed E-state index contributed by atoms with van der Waals surface area (Å²) in [5.74, 6) is 0.950. The lowest BCUT2D eigenvalue weighted by molar-refractivity contribution is -0.127. The maximum Gasteiger partial charge on any atom is 0.273 e. The van der Waals surface area contributed by atoms with Crippen molar-refractivity contribution in [3.8, 4) is 11.5 Å². The van der Waals surface area contributed by atoms with Crippen molar-refractivity contribution in [2.24, 2.45) is 0 Å². The number of methoxy groups -OCH3 is 2. The molecular formula is C27H31N3O5. The van der Waals surface area contributed by atoms with Crippen LogP contribution in [0.3, 0.4) is 0 Å². The number of pyridine rings is 1. The smallest absolute Gasteiger partial charge is 0.273 e. The number of carbonyl (C=O) groups excluding carboxylic acids is 2. The summed E-state index contributed by atoms with van der Waals surface area (Å²) in [6.07, 6.45) is 8.30. The van der Waals surface area contributed by atoms with E-state index in [2.05, 4.69) is 10.3 Å². The third-order valence-electron chi connectivity index (χ3n) is 6.29. The molecule has 0 bridgehead atoms. The third-order valence-corrected chi connectivity index (χ3v) is 6.29. The summed E-state index contributed by atoms with van der Waals surface area (Å²) >= 11 is 0. The summed E-state index contributed by atoms with van der Waals surface area (Å²) in [5, 5.41) is 3.19. The molecule has 1 N–H and O–H groups in total. The van der Waals surface area contributed by atoms with Gasteiger partial charge in [-0.25, -0.2) is 0 Å². The number of furan rings is 1. The molecule has 4 rings (SSSR count). The van der Waals surface area contributed by atoms with Crippen LogP contribution in [0.1, 0.15) is 60.0 Å². The van der Waals surface area contributed by atoms with Crippen molar-refractivity contribution in [3.63, 3.8) is 0 Å². The first-order chi connectivity index (χ1) is 17.1. The Morgan fingerprint density at radius 1 is 1.06 bits per heavy atom. The van der Waals surface area contributed by atoms with E-state index < -0.39 is 6.04 Å². The molecule has 0 radical (unpaired) electrons. The highest BCUT2D eigenvalue weighted by atomic mass is 16.5. The van der Waals surface area contributed by atoms with Crippen molar-refractivity contribution in [2.75, 3.05) is 14.2 Å². The van der Waals surface area contributed by atoms with E-state index >= 15 is 0 Å². The molecular weight excluding hydrogens is 446 g/mol. The molecule has 1 aliphatic rings. The van der Waals surface area contributed by atoms with E-state index in [-0.39, 0.29) is 30.1 Å². The second kappa shape index (κ2) is 11.6. The van der Waals surface area contributed by atoms with Crippen LogP contribution in [-0.2, 0) is 11.3 Å². The maximum atomic E-state index is 13.8. The fourth-order valence-electron chi connectivity index (χ4n) is 4.51. The lowest BCUT2D eigenvalue weighted by Gasteiger charge is -2.33. The van der Waals surface area contributed by atoms with Gasteiger partial charge in [-0.2, -0.15) is 0 Å². The maximum absolute atomic E-state index is 13.8. The minimum Gasteiger partial charge on any atom is -0.493 e. The van der Waals surface area contributed by atoms with Gasteiger partial charge in [-0.3, -0.25) is 14.6 Å². The highest BCUT2D eigenvalue weighted by molar-refractivity contribution is 5.96. The van der Waals surface area contributed by atoms with E-state index in [0.29, 0.717) is 22.8 Å². The van der Waals surface area contributed by atoms with Crippen molar-refractivity contribution < 1.29 is 23.5 Å². The molecule has 2 amide bonds. The molecule has 8 heteroatoms. The molecule has 8 nitrogen and oxygen atoms in total. The fourth-order valence-corrected chi connectivity index (χ4v) is 4.51. The number of rotatable bonds is 9. The van der Waals surface area contributed by atoms with Gasteiger partial charge in [-0.1, -0.05) is 31.4 Å². The minimum absolute atomic E-state index is 0.0781. The van der Waals surface area contributed by atoms with Crippen LogP contribution in [0.5, 0.6) is 11.5 Å². The van der Waals surface area contributed by atoms with E-state index in [9.17, 15) is 9.59 Å². The Morgan fingerprint density at radius 3 is 2.51 bits per heavy atom. The standard InChI is InChI=1S/C27H31N3O5/c1-33-23-14-13-19(17-24(23)34-2)25(26(31)29-20-9-4-3-5-10-20)30(18-21-11-8-16-35-21)27(32)22-12-6-7-15-28-22/h6-8,11-17,20,25H,3-5,9-10,18H2,1-2H3,(H,29,31)/t25-/m1/s1. The Hall–Kier alpha value is -3.81. The molecule has 0 saturated heterocycles. The Bertz CT molecular complexity index is 1110. The van der Waals surface area contributed by atoms with Gasteiger partial charge in [-0.15, -0.1) is 0 Å². The molecule has 0 unspecified atom stereocenters. The van der Waals surface area contributed by atoms with E-state index in [4.69, 9.17) is 13.9 Å². The van der Waals surface area contributed by atoms with E-state index in [1.54, 1.807) is 75.2 Å². The Kier molecular flexibility index (Phi) is 8.03. The van der Waals surface area contributed by atoms with Gasteiger partial charge >= 0.3 is 0 Å². The van der Waals surface area contributed by atoms with Crippen LogP contribution >= 0.6 is 0 Å². The Morgan fingerprint density at radius 2 is 1.86 bits per heavy atom. The first kappa shape index (κ1) is 24.3. The van der Waals surface area contributed by atoms with Crippen LogP contribution in [-0.4, -0.2) is 42.0 Å². The number of nitrogens with zero attached hydrogens (tertiary/aromatic N) is 2. The van der Waals surface area contributed by atoms with Crippen LogP contribution in [0.2, 0.25) is 0 Å². The van der Waals surface area contributed by atoms with Gasteiger partial charge in [0.05, 0.1) is 27.0 Å². The molecule has 184 valence electrons. The number of nitrogens with one attached hydrogen (secondary N) is 1. The number of hydrogen-bond donors (Lipinski definition) is 1. The summed E-state index contributed by atoms with van der Waals surface area (Å²) in [6, 6.07) is 13.1. The van der Waals surface area contributed by atoms with Crippen LogP contribution < -0.4 is 14.8 Å². The van der Waals surface area contributed by atoms with Crippen LogP contribution in [0, 0.1) is 0 Å². The van der Waals surface area contributed by atoms with E-state index in [0.717, 1.165) is 25.7 Å². The molecule has 35 heavy (non-hydrogen) atoms. The molecule has 2 heterocycles. The lowest BCUT2D eigenvalue weighted by Crippen LogP contribution is -2.47. The first-order valence-corrected chi connectivity index (χ1v) is 11.9. The molecule has 1 fully saturated rings. The normalized spacial score (nSPS) is 14.7. The number of aromatic nitrogens is 1. The van der Waals surface area contributed by atoms with Crippen molar-refractivity contribution in [1.29, 1.82) is 0 Å². The predicted molar refractivity (Wildman–Crippen MR) is 130 cm³/mol. The summed E-state index contributed by atoms with van der Waals surface area (Å²) in [6.45, 7) is 0.0967. The number of hydrogen-bond acceptors (Lipinski definition) is 6. The minimum atomic E-state index is -0.934. The van der Waals surface area contributed by atoms with Crippen molar-refractivity contribution in [1.82, 2.24) is 15.2 Å². The fraction of sp³-hybridized carbons (Fsp3) is 0.370. The summed E-state index contributed by atoms with van der Waals surface area (Å²) < 4.78 is 16.4. The molecule has 0 aliphatic heterocycles. The lowest BCUT2D eigenvalue weighted by atomic mass is 9.94. The molecule has 1 aliphatic carbocycles. The topological polar surface area (TPSA) is 93.9 Å². The van der Waals surface area contributed by atoms with Gasteiger partial charge in [0.15, 0.2) is 11.5 Å². The second-order valence-electron chi connectivity index (χ2n) is 8.59. The summed E-state index contributed by atoms with van der Waals surface area (Å²) in [4.78, 5) is 33.3. The van der Waals surface area contributed by atoms with Gasteiger partial charge in [-0.05, 0) is 54.8 Å². The monoisotopic (exact) mass is 477 g/mol. The van der Waals surface area contributed by atoms with Gasteiger partial charge < -0.3 is 24.1 Å². The predicted octanol–water partition coefficient (Wildman–Crippen LogP) is 4.52. The van der Waals surface area contributed by atoms with E-state index in [1.165, 1.54) is 11.3 Å². The molecule has 2 aromatic heterocycles. The zero-order chi connectivity index (χ0) is 24.6. The largest absolute Gasteiger partial charge is 0.493 e. The SMILES string of the molecule is COc1ccc([C@H](C(=O)NC2CCCCC2)N(Cc2ccco2)C(=O)c2ccccn2)cc1OC. The molecule has 1 atom stereocenters. The summed E-state index contributed by atoms with van der Waals surface area (Å²) in [7, 11) is 3.09. The highest BCUT2D eigenvalue weighted by Gasteiger charge is 2.35. The zero-order valence-corrected chi connectivity index (χ0v) is 20.1.